The molecule has 0 aromatic heterocycles. The lowest BCUT2D eigenvalue weighted by molar-refractivity contribution is -0.125. The van der Waals surface area contributed by atoms with Gasteiger partial charge in [-0.05, 0) is 61.7 Å². The molecule has 0 radical (unpaired) electrons. The molecule has 1 atom stereocenters. The first-order valence-corrected chi connectivity index (χ1v) is 10.6. The molecule has 154 valence electrons. The Morgan fingerprint density at radius 1 is 1.18 bits per heavy atom. The van der Waals surface area contributed by atoms with E-state index in [9.17, 15) is 4.79 Å². The normalized spacial score (nSPS) is 19.1. The Hall–Kier alpha value is -2.02. The van der Waals surface area contributed by atoms with Crippen LogP contribution in [0.15, 0.2) is 12.1 Å². The molecule has 2 N–H and O–H groups in total. The zero-order chi connectivity index (χ0) is 20.1. The molecule has 1 heterocycles. The van der Waals surface area contributed by atoms with E-state index < -0.39 is 0 Å². The largest absolute Gasteiger partial charge is 0.493 e. The summed E-state index contributed by atoms with van der Waals surface area (Å²) in [7, 11) is 3.30. The van der Waals surface area contributed by atoms with Crippen molar-refractivity contribution in [1.82, 2.24) is 15.5 Å². The maximum atomic E-state index is 12.6. The number of methoxy groups -OCH3 is 2. The lowest BCUT2D eigenvalue weighted by Gasteiger charge is -2.39. The van der Waals surface area contributed by atoms with Crippen LogP contribution in [0.2, 0.25) is 0 Å². The van der Waals surface area contributed by atoms with Gasteiger partial charge in [-0.25, -0.2) is 0 Å². The molecule has 28 heavy (non-hydrogen) atoms. The number of hydrogen-bond acceptors (Lipinski definition) is 4. The minimum atomic E-state index is -0.0274. The first-order chi connectivity index (χ1) is 13.6. The molecule has 3 rings (SSSR count). The number of nitrogens with zero attached hydrogens (tertiary/aromatic N) is 1. The smallest absolute Gasteiger partial charge is 0.223 e. The third kappa shape index (κ3) is 4.35. The van der Waals surface area contributed by atoms with Gasteiger partial charge < -0.3 is 25.0 Å². The molecule has 1 aliphatic heterocycles. The van der Waals surface area contributed by atoms with E-state index in [4.69, 9.17) is 21.7 Å². The van der Waals surface area contributed by atoms with Gasteiger partial charge in [0, 0.05) is 25.6 Å². The minimum absolute atomic E-state index is 0.0274. The molecule has 6 nitrogen and oxygen atoms in total. The molecule has 1 aromatic rings. The molecular weight excluding hydrogens is 374 g/mol. The summed E-state index contributed by atoms with van der Waals surface area (Å²) in [6.45, 7) is 4.14. The Bertz CT molecular complexity index is 719. The van der Waals surface area contributed by atoms with E-state index in [0.717, 1.165) is 61.6 Å². The summed E-state index contributed by atoms with van der Waals surface area (Å²) in [6, 6.07) is 4.05. The van der Waals surface area contributed by atoms with Crippen molar-refractivity contribution < 1.29 is 14.3 Å². The molecule has 7 heteroatoms. The Labute approximate surface area is 173 Å². The van der Waals surface area contributed by atoms with E-state index in [-0.39, 0.29) is 17.9 Å². The number of amides is 1. The summed E-state index contributed by atoms with van der Waals surface area (Å²) >= 11 is 5.62. The van der Waals surface area contributed by atoms with Crippen molar-refractivity contribution in [2.75, 3.05) is 33.9 Å². The number of fused-ring (bicyclic) bond motifs is 1. The zero-order valence-electron chi connectivity index (χ0n) is 17.0. The molecule has 0 bridgehead atoms. The van der Waals surface area contributed by atoms with Crippen molar-refractivity contribution in [2.24, 2.45) is 5.92 Å². The SMILES string of the molecule is CCNC(=S)N1CCc2cc(OC)c(OC)cc2[C@@H]1CNC(=O)C1CCCC1. The second-order valence-electron chi connectivity index (χ2n) is 7.43. The first kappa shape index (κ1) is 20.7. The van der Waals surface area contributed by atoms with Gasteiger partial charge in [-0.15, -0.1) is 0 Å². The highest BCUT2D eigenvalue weighted by Gasteiger charge is 2.32. The summed E-state index contributed by atoms with van der Waals surface area (Å²) in [5, 5.41) is 7.17. The lowest BCUT2D eigenvalue weighted by Crippen LogP contribution is -2.49. The van der Waals surface area contributed by atoms with Gasteiger partial charge in [0.05, 0.1) is 20.3 Å². The molecular formula is C21H31N3O3S. The fourth-order valence-electron chi connectivity index (χ4n) is 4.27. The molecule has 1 saturated carbocycles. The quantitative estimate of drug-likeness (QED) is 0.710. The molecule has 1 aliphatic carbocycles. The van der Waals surface area contributed by atoms with E-state index in [1.807, 2.05) is 19.1 Å². The molecule has 2 aliphatic rings. The summed E-state index contributed by atoms with van der Waals surface area (Å²) in [6.07, 6.45) is 5.17. The average Bonchev–Trinajstić information content (AvgIpc) is 3.25. The Balaban J connectivity index is 1.86. The maximum absolute atomic E-state index is 12.6. The second kappa shape index (κ2) is 9.45. The Morgan fingerprint density at radius 3 is 2.50 bits per heavy atom. The number of thiocarbonyl (C=S) groups is 1. The predicted octanol–water partition coefficient (Wildman–Crippen LogP) is 2.80. The van der Waals surface area contributed by atoms with Crippen LogP contribution in [0.1, 0.15) is 49.8 Å². The standard InChI is InChI=1S/C21H31N3O3S/c1-4-22-21(28)24-10-9-15-11-18(26-2)19(27-3)12-16(15)17(24)13-23-20(25)14-7-5-6-8-14/h11-12,14,17H,4-10,13H2,1-3H3,(H,22,28)(H,23,25)/t17-/m0/s1. The van der Waals surface area contributed by atoms with Gasteiger partial charge in [0.1, 0.15) is 0 Å². The first-order valence-electron chi connectivity index (χ1n) is 10.2. The van der Waals surface area contributed by atoms with E-state index in [1.54, 1.807) is 14.2 Å². The fraction of sp³-hybridized carbons (Fsp3) is 0.619. The van der Waals surface area contributed by atoms with Crippen LogP contribution in [0.3, 0.4) is 0 Å². The van der Waals surface area contributed by atoms with E-state index in [1.165, 1.54) is 5.56 Å². The molecule has 1 amide bonds. The molecule has 0 saturated heterocycles. The molecule has 1 aromatic carbocycles. The van der Waals surface area contributed by atoms with Crippen molar-refractivity contribution in [3.63, 3.8) is 0 Å². The van der Waals surface area contributed by atoms with E-state index >= 15 is 0 Å². The number of rotatable bonds is 6. The average molecular weight is 406 g/mol. The highest BCUT2D eigenvalue weighted by Crippen LogP contribution is 2.38. The summed E-state index contributed by atoms with van der Waals surface area (Å²) in [5.41, 5.74) is 2.35. The van der Waals surface area contributed by atoms with Crippen LogP contribution in [0.4, 0.5) is 0 Å². The van der Waals surface area contributed by atoms with Crippen LogP contribution in [0.25, 0.3) is 0 Å². The van der Waals surface area contributed by atoms with Crippen molar-refractivity contribution in [3.05, 3.63) is 23.3 Å². The van der Waals surface area contributed by atoms with Gasteiger partial charge in [0.15, 0.2) is 16.6 Å². The fourth-order valence-corrected chi connectivity index (χ4v) is 4.64. The monoisotopic (exact) mass is 405 g/mol. The Morgan fingerprint density at radius 2 is 1.86 bits per heavy atom. The van der Waals surface area contributed by atoms with Crippen molar-refractivity contribution in [2.45, 2.75) is 45.1 Å². The van der Waals surface area contributed by atoms with Gasteiger partial charge in [-0.2, -0.15) is 0 Å². The Kier molecular flexibility index (Phi) is 6.99. The number of ether oxygens (including phenoxy) is 2. The zero-order valence-corrected chi connectivity index (χ0v) is 17.9. The number of nitrogens with one attached hydrogen (secondary N) is 2. The highest BCUT2D eigenvalue weighted by atomic mass is 32.1. The molecule has 0 unspecified atom stereocenters. The van der Waals surface area contributed by atoms with Crippen LogP contribution in [-0.2, 0) is 11.2 Å². The van der Waals surface area contributed by atoms with Crippen molar-refractivity contribution in [1.29, 1.82) is 0 Å². The van der Waals surface area contributed by atoms with Crippen LogP contribution in [0, 0.1) is 5.92 Å². The summed E-state index contributed by atoms with van der Waals surface area (Å²) in [4.78, 5) is 14.8. The van der Waals surface area contributed by atoms with Gasteiger partial charge in [0.25, 0.3) is 0 Å². The van der Waals surface area contributed by atoms with Crippen molar-refractivity contribution >= 4 is 23.2 Å². The van der Waals surface area contributed by atoms with Crippen LogP contribution >= 0.6 is 12.2 Å². The highest BCUT2D eigenvalue weighted by molar-refractivity contribution is 7.80. The van der Waals surface area contributed by atoms with E-state index in [0.29, 0.717) is 12.3 Å². The minimum Gasteiger partial charge on any atom is -0.493 e. The van der Waals surface area contributed by atoms with Gasteiger partial charge in [0.2, 0.25) is 5.91 Å². The number of hydrogen-bond donors (Lipinski definition) is 2. The van der Waals surface area contributed by atoms with Crippen molar-refractivity contribution in [3.8, 4) is 11.5 Å². The van der Waals surface area contributed by atoms with E-state index in [2.05, 4.69) is 15.5 Å². The van der Waals surface area contributed by atoms with Crippen LogP contribution in [0.5, 0.6) is 11.5 Å². The summed E-state index contributed by atoms with van der Waals surface area (Å²) in [5.74, 6) is 1.75. The third-order valence-corrected chi connectivity index (χ3v) is 6.17. The number of carbonyl (C=O) groups is 1. The van der Waals surface area contributed by atoms with Gasteiger partial charge in [-0.1, -0.05) is 12.8 Å². The molecule has 1 fully saturated rings. The van der Waals surface area contributed by atoms with Crippen LogP contribution < -0.4 is 20.1 Å². The molecule has 0 spiro atoms. The van der Waals surface area contributed by atoms with Gasteiger partial charge in [-0.3, -0.25) is 4.79 Å². The number of carbonyl (C=O) groups excluding carboxylic acids is 1. The third-order valence-electron chi connectivity index (χ3n) is 5.79. The topological polar surface area (TPSA) is 62.8 Å². The lowest BCUT2D eigenvalue weighted by atomic mass is 9.91. The van der Waals surface area contributed by atoms with Gasteiger partial charge >= 0.3 is 0 Å². The van der Waals surface area contributed by atoms with Crippen LogP contribution in [-0.4, -0.2) is 49.8 Å². The predicted molar refractivity (Wildman–Crippen MR) is 114 cm³/mol. The second-order valence-corrected chi connectivity index (χ2v) is 7.81. The maximum Gasteiger partial charge on any atom is 0.223 e. The number of benzene rings is 1. The summed E-state index contributed by atoms with van der Waals surface area (Å²) < 4.78 is 11.0.